The minimum Gasteiger partial charge on any atom is -0.336 e. The molecule has 0 unspecified atom stereocenters. The van der Waals surface area contributed by atoms with Gasteiger partial charge in [0.15, 0.2) is 5.82 Å². The predicted molar refractivity (Wildman–Crippen MR) is 74.3 cm³/mol. The number of hydrogen-bond acceptors (Lipinski definition) is 2. The summed E-state index contributed by atoms with van der Waals surface area (Å²) in [6, 6.07) is 3.52. The van der Waals surface area contributed by atoms with Gasteiger partial charge in [-0.15, -0.1) is 0 Å². The minimum atomic E-state index is -0.781. The number of hydrogen-bond donors (Lipinski definition) is 1. The third-order valence-corrected chi connectivity index (χ3v) is 3.39. The van der Waals surface area contributed by atoms with E-state index >= 15 is 0 Å². The van der Waals surface area contributed by atoms with Crippen molar-refractivity contribution in [3.8, 4) is 0 Å². The molecule has 0 saturated carbocycles. The Bertz CT molecular complexity index is 585. The van der Waals surface area contributed by atoms with Crippen LogP contribution in [-0.2, 0) is 0 Å². The van der Waals surface area contributed by atoms with Crippen molar-refractivity contribution in [1.82, 2.24) is 4.98 Å². The van der Waals surface area contributed by atoms with Crippen molar-refractivity contribution < 1.29 is 8.78 Å². The molecule has 0 bridgehead atoms. The van der Waals surface area contributed by atoms with Crippen LogP contribution in [0.15, 0.2) is 33.3 Å². The van der Waals surface area contributed by atoms with Gasteiger partial charge in [0.05, 0.1) is 15.2 Å². The molecule has 0 aliphatic carbocycles. The van der Waals surface area contributed by atoms with Crippen molar-refractivity contribution in [3.05, 3.63) is 50.0 Å². The zero-order valence-corrected chi connectivity index (χ0v) is 12.6. The summed E-state index contributed by atoms with van der Waals surface area (Å²) in [5, 5.41) is 2.66. The highest BCUT2D eigenvalue weighted by molar-refractivity contribution is 9.11. The molecule has 0 fully saturated rings. The van der Waals surface area contributed by atoms with E-state index in [4.69, 9.17) is 11.6 Å². The Morgan fingerprint density at radius 3 is 2.50 bits per heavy atom. The van der Waals surface area contributed by atoms with Crippen molar-refractivity contribution >= 4 is 55.0 Å². The minimum absolute atomic E-state index is 0.0198. The van der Waals surface area contributed by atoms with Gasteiger partial charge in [-0.3, -0.25) is 0 Å². The van der Waals surface area contributed by atoms with Gasteiger partial charge in [-0.25, -0.2) is 13.8 Å². The largest absolute Gasteiger partial charge is 0.336 e. The highest BCUT2D eigenvalue weighted by Crippen LogP contribution is 2.32. The fourth-order valence-electron chi connectivity index (χ4n) is 1.29. The number of nitrogens with one attached hydrogen (secondary N) is 1. The van der Waals surface area contributed by atoms with Crippen molar-refractivity contribution in [2.45, 2.75) is 0 Å². The van der Waals surface area contributed by atoms with E-state index in [-0.39, 0.29) is 10.7 Å². The zero-order chi connectivity index (χ0) is 13.3. The fraction of sp³-hybridized carbons (Fsp3) is 0. The molecule has 7 heteroatoms. The number of benzene rings is 1. The first-order chi connectivity index (χ1) is 8.47. The number of halogens is 5. The fourth-order valence-corrected chi connectivity index (χ4v) is 2.61. The van der Waals surface area contributed by atoms with Crippen LogP contribution in [0.3, 0.4) is 0 Å². The van der Waals surface area contributed by atoms with Crippen molar-refractivity contribution in [2.75, 3.05) is 5.32 Å². The number of anilines is 2. The van der Waals surface area contributed by atoms with Crippen LogP contribution in [0.1, 0.15) is 0 Å². The van der Waals surface area contributed by atoms with Crippen molar-refractivity contribution in [1.29, 1.82) is 0 Å². The molecule has 0 saturated heterocycles. The average molecular weight is 398 g/mol. The van der Waals surface area contributed by atoms with Crippen LogP contribution in [0.25, 0.3) is 0 Å². The number of aromatic nitrogens is 1. The van der Waals surface area contributed by atoms with Gasteiger partial charge in [-0.1, -0.05) is 11.6 Å². The maximum Gasteiger partial charge on any atom is 0.151 e. The molecule has 2 nitrogen and oxygen atoms in total. The Morgan fingerprint density at radius 1 is 1.17 bits per heavy atom. The molecule has 0 spiro atoms. The molecule has 1 heterocycles. The van der Waals surface area contributed by atoms with E-state index in [1.807, 2.05) is 0 Å². The summed E-state index contributed by atoms with van der Waals surface area (Å²) in [6.07, 6.45) is 1.54. The second kappa shape index (κ2) is 5.50. The maximum absolute atomic E-state index is 13.6. The molecule has 94 valence electrons. The van der Waals surface area contributed by atoms with Crippen LogP contribution in [0.5, 0.6) is 0 Å². The third kappa shape index (κ3) is 2.99. The summed E-state index contributed by atoms with van der Waals surface area (Å²) in [6.45, 7) is 0. The van der Waals surface area contributed by atoms with Crippen LogP contribution in [0.4, 0.5) is 20.3 Å². The quantitative estimate of drug-likeness (QED) is 0.744. The Kier molecular flexibility index (Phi) is 4.19. The summed E-state index contributed by atoms with van der Waals surface area (Å²) < 4.78 is 27.9. The summed E-state index contributed by atoms with van der Waals surface area (Å²) in [5.41, 5.74) is -0.0198. The number of rotatable bonds is 2. The molecule has 2 rings (SSSR count). The molecule has 0 aliphatic rings. The lowest BCUT2D eigenvalue weighted by atomic mass is 10.3. The first kappa shape index (κ1) is 13.7. The van der Waals surface area contributed by atoms with Crippen molar-refractivity contribution in [3.63, 3.8) is 0 Å². The lowest BCUT2D eigenvalue weighted by molar-refractivity contribution is 0.586. The van der Waals surface area contributed by atoms with Gasteiger partial charge >= 0.3 is 0 Å². The number of pyridine rings is 1. The van der Waals surface area contributed by atoms with Crippen LogP contribution in [0.2, 0.25) is 5.02 Å². The van der Waals surface area contributed by atoms with Gasteiger partial charge in [0, 0.05) is 16.7 Å². The Hall–Kier alpha value is -0.720. The SMILES string of the molecule is Fc1cc(F)c(Nc2ncc(Br)cc2Br)c(Cl)c1. The van der Waals surface area contributed by atoms with Gasteiger partial charge in [0.1, 0.15) is 11.6 Å². The highest BCUT2D eigenvalue weighted by Gasteiger charge is 2.12. The molecule has 1 aromatic heterocycles. The maximum atomic E-state index is 13.6. The normalized spacial score (nSPS) is 10.5. The van der Waals surface area contributed by atoms with Crippen LogP contribution in [-0.4, -0.2) is 4.98 Å². The third-order valence-electron chi connectivity index (χ3n) is 2.06. The molecule has 2 aromatic rings. The van der Waals surface area contributed by atoms with Crippen LogP contribution < -0.4 is 5.32 Å². The van der Waals surface area contributed by atoms with Gasteiger partial charge in [0.2, 0.25) is 0 Å². The molecule has 1 aromatic carbocycles. The monoisotopic (exact) mass is 396 g/mol. The second-order valence-corrected chi connectivity index (χ2v) is 5.53. The standard InChI is InChI=1S/C11H5Br2ClF2N2/c12-5-1-7(13)11(17-4-5)18-10-8(14)2-6(15)3-9(10)16/h1-4H,(H,17,18). The Morgan fingerprint density at radius 2 is 1.89 bits per heavy atom. The molecule has 1 N–H and O–H groups in total. The van der Waals surface area contributed by atoms with E-state index in [0.29, 0.717) is 10.3 Å². The lowest BCUT2D eigenvalue weighted by Crippen LogP contribution is -1.99. The molecular weight excluding hydrogens is 393 g/mol. The summed E-state index contributed by atoms with van der Waals surface area (Å²) >= 11 is 12.3. The van der Waals surface area contributed by atoms with Gasteiger partial charge in [-0.2, -0.15) is 0 Å². The molecule has 0 atom stereocenters. The molecule has 0 aliphatic heterocycles. The first-order valence-electron chi connectivity index (χ1n) is 4.70. The second-order valence-electron chi connectivity index (χ2n) is 3.35. The topological polar surface area (TPSA) is 24.9 Å². The van der Waals surface area contributed by atoms with Gasteiger partial charge in [0.25, 0.3) is 0 Å². The van der Waals surface area contributed by atoms with Gasteiger partial charge in [-0.05, 0) is 44.0 Å². The van der Waals surface area contributed by atoms with E-state index in [1.54, 1.807) is 12.3 Å². The Balaban J connectivity index is 2.40. The van der Waals surface area contributed by atoms with Crippen LogP contribution >= 0.6 is 43.5 Å². The first-order valence-corrected chi connectivity index (χ1v) is 6.66. The molecule has 0 radical (unpaired) electrons. The summed E-state index contributed by atoms with van der Waals surface area (Å²) in [7, 11) is 0. The number of nitrogens with zero attached hydrogens (tertiary/aromatic N) is 1. The molecule has 18 heavy (non-hydrogen) atoms. The average Bonchev–Trinajstić information content (AvgIpc) is 2.25. The van der Waals surface area contributed by atoms with E-state index in [0.717, 1.165) is 16.6 Å². The highest BCUT2D eigenvalue weighted by atomic mass is 79.9. The molecular formula is C11H5Br2ClF2N2. The van der Waals surface area contributed by atoms with Gasteiger partial charge < -0.3 is 5.32 Å². The van der Waals surface area contributed by atoms with E-state index in [1.165, 1.54) is 0 Å². The van der Waals surface area contributed by atoms with E-state index < -0.39 is 11.6 Å². The van der Waals surface area contributed by atoms with E-state index in [9.17, 15) is 8.78 Å². The van der Waals surface area contributed by atoms with Crippen molar-refractivity contribution in [2.24, 2.45) is 0 Å². The molecule has 0 amide bonds. The van der Waals surface area contributed by atoms with Crippen LogP contribution in [0, 0.1) is 11.6 Å². The summed E-state index contributed by atoms with van der Waals surface area (Å²) in [4.78, 5) is 4.05. The smallest absolute Gasteiger partial charge is 0.151 e. The zero-order valence-electron chi connectivity index (χ0n) is 8.65. The lowest BCUT2D eigenvalue weighted by Gasteiger charge is -2.10. The summed E-state index contributed by atoms with van der Waals surface area (Å²) in [5.74, 6) is -1.13. The Labute approximate surface area is 124 Å². The van der Waals surface area contributed by atoms with E-state index in [2.05, 4.69) is 42.2 Å². The predicted octanol–water partition coefficient (Wildman–Crippen LogP) is 5.28.